The van der Waals surface area contributed by atoms with E-state index in [2.05, 4.69) is 5.32 Å². The molecule has 0 fully saturated rings. The molecule has 19 heavy (non-hydrogen) atoms. The summed E-state index contributed by atoms with van der Waals surface area (Å²) in [7, 11) is 0. The summed E-state index contributed by atoms with van der Waals surface area (Å²) < 4.78 is 0. The predicted molar refractivity (Wildman–Crippen MR) is 70.1 cm³/mol. The molecule has 3 amide bonds. The highest BCUT2D eigenvalue weighted by Crippen LogP contribution is 2.05. The summed E-state index contributed by atoms with van der Waals surface area (Å²) in [6, 6.07) is 5.74. The third-order valence-corrected chi connectivity index (χ3v) is 2.69. The van der Waals surface area contributed by atoms with E-state index in [1.54, 1.807) is 31.2 Å². The van der Waals surface area contributed by atoms with Gasteiger partial charge in [-0.05, 0) is 24.1 Å². The molecule has 1 atom stereocenters. The molecule has 0 aliphatic heterocycles. The first-order chi connectivity index (χ1) is 8.93. The number of nitrogens with one attached hydrogen (secondary N) is 1. The van der Waals surface area contributed by atoms with Crippen LogP contribution in [0.4, 0.5) is 0 Å². The lowest BCUT2D eigenvalue weighted by atomic mass is 10.1. The second kappa shape index (κ2) is 6.53. The third kappa shape index (κ3) is 4.42. The highest BCUT2D eigenvalue weighted by Gasteiger charge is 2.15. The van der Waals surface area contributed by atoms with Gasteiger partial charge < -0.3 is 16.8 Å². The Hall–Kier alpha value is -2.37. The van der Waals surface area contributed by atoms with Crippen LogP contribution in [0, 0.1) is 0 Å². The molecule has 0 aliphatic rings. The van der Waals surface area contributed by atoms with Crippen LogP contribution in [0.25, 0.3) is 0 Å². The molecule has 0 radical (unpaired) electrons. The van der Waals surface area contributed by atoms with Crippen LogP contribution >= 0.6 is 0 Å². The number of hydrogen-bond donors (Lipinski definition) is 3. The van der Waals surface area contributed by atoms with Crippen molar-refractivity contribution in [3.05, 3.63) is 35.4 Å². The number of rotatable bonds is 6. The van der Waals surface area contributed by atoms with E-state index in [4.69, 9.17) is 11.5 Å². The quantitative estimate of drug-likeness (QED) is 0.654. The van der Waals surface area contributed by atoms with Gasteiger partial charge in [-0.1, -0.05) is 19.1 Å². The van der Waals surface area contributed by atoms with Crippen LogP contribution in [-0.2, 0) is 16.0 Å². The van der Waals surface area contributed by atoms with Gasteiger partial charge in [-0.25, -0.2) is 0 Å². The zero-order valence-corrected chi connectivity index (χ0v) is 10.7. The van der Waals surface area contributed by atoms with E-state index in [1.807, 2.05) is 0 Å². The first kappa shape index (κ1) is 14.7. The summed E-state index contributed by atoms with van der Waals surface area (Å²) in [5.41, 5.74) is 11.4. The summed E-state index contributed by atoms with van der Waals surface area (Å²) in [5.74, 6) is -1.37. The molecule has 6 heteroatoms. The molecule has 1 aromatic rings. The average molecular weight is 263 g/mol. The minimum atomic E-state index is -0.655. The van der Waals surface area contributed by atoms with Crippen LogP contribution < -0.4 is 16.8 Å². The van der Waals surface area contributed by atoms with Crippen LogP contribution in [0.3, 0.4) is 0 Å². The van der Waals surface area contributed by atoms with E-state index in [0.717, 1.165) is 5.56 Å². The van der Waals surface area contributed by atoms with Gasteiger partial charge in [0.05, 0.1) is 6.42 Å². The summed E-state index contributed by atoms with van der Waals surface area (Å²) in [6.07, 6.45) is 0.560. The molecule has 6 nitrogen and oxygen atoms in total. The van der Waals surface area contributed by atoms with Gasteiger partial charge in [-0.2, -0.15) is 0 Å². The molecule has 1 aromatic carbocycles. The summed E-state index contributed by atoms with van der Waals surface area (Å²) in [6.45, 7) is 1.76. The van der Waals surface area contributed by atoms with Crippen molar-refractivity contribution < 1.29 is 14.4 Å². The van der Waals surface area contributed by atoms with Crippen molar-refractivity contribution in [3.8, 4) is 0 Å². The smallest absolute Gasteiger partial charge is 0.248 e. The number of carbonyl (C=O) groups excluding carboxylic acids is 3. The lowest BCUT2D eigenvalue weighted by Crippen LogP contribution is -2.44. The number of nitrogens with two attached hydrogens (primary N) is 2. The maximum absolute atomic E-state index is 11.7. The largest absolute Gasteiger partial charge is 0.368 e. The maximum atomic E-state index is 11.7. The van der Waals surface area contributed by atoms with Crippen LogP contribution in [0.5, 0.6) is 0 Å². The van der Waals surface area contributed by atoms with Gasteiger partial charge in [-0.15, -0.1) is 0 Å². The van der Waals surface area contributed by atoms with E-state index in [0.29, 0.717) is 12.0 Å². The molecule has 5 N–H and O–H groups in total. The highest BCUT2D eigenvalue weighted by atomic mass is 16.2. The van der Waals surface area contributed by atoms with E-state index in [9.17, 15) is 14.4 Å². The fourth-order valence-electron chi connectivity index (χ4n) is 1.59. The number of primary amides is 2. The second-order valence-electron chi connectivity index (χ2n) is 4.17. The topological polar surface area (TPSA) is 115 Å². The van der Waals surface area contributed by atoms with Gasteiger partial charge in [0.2, 0.25) is 17.7 Å². The standard InChI is InChI=1S/C13H17N3O3/c1-2-10(13(15)19)16-11(17)7-8-3-5-9(6-4-8)12(14)18/h3-6,10H,2,7H2,1H3,(H2,14,18)(H2,15,19)(H,16,17)/t10-/m0/s1. The van der Waals surface area contributed by atoms with Crippen LogP contribution in [0.15, 0.2) is 24.3 Å². The Morgan fingerprint density at radius 1 is 1.16 bits per heavy atom. The van der Waals surface area contributed by atoms with Crippen LogP contribution in [0.2, 0.25) is 0 Å². The maximum Gasteiger partial charge on any atom is 0.248 e. The predicted octanol–water partition coefficient (Wildman–Crippen LogP) is -0.292. The average Bonchev–Trinajstić information content (AvgIpc) is 2.36. The minimum absolute atomic E-state index is 0.114. The lowest BCUT2D eigenvalue weighted by Gasteiger charge is -2.13. The fraction of sp³-hybridized carbons (Fsp3) is 0.308. The zero-order valence-electron chi connectivity index (χ0n) is 10.7. The Morgan fingerprint density at radius 3 is 2.16 bits per heavy atom. The Labute approximate surface area is 111 Å². The Bertz CT molecular complexity index is 482. The van der Waals surface area contributed by atoms with E-state index in [1.165, 1.54) is 0 Å². The molecule has 0 saturated carbocycles. The number of hydrogen-bond acceptors (Lipinski definition) is 3. The van der Waals surface area contributed by atoms with Gasteiger partial charge >= 0.3 is 0 Å². The molecule has 0 aliphatic carbocycles. The van der Waals surface area contributed by atoms with Gasteiger partial charge in [0, 0.05) is 5.56 Å². The Morgan fingerprint density at radius 2 is 1.74 bits per heavy atom. The zero-order chi connectivity index (χ0) is 14.4. The fourth-order valence-corrected chi connectivity index (χ4v) is 1.59. The van der Waals surface area contributed by atoms with Crippen molar-refractivity contribution in [2.24, 2.45) is 11.5 Å². The van der Waals surface area contributed by atoms with E-state index >= 15 is 0 Å². The third-order valence-electron chi connectivity index (χ3n) is 2.69. The molecule has 0 aromatic heterocycles. The molecule has 0 heterocycles. The molecule has 0 spiro atoms. The Kier molecular flexibility index (Phi) is 5.05. The molecular weight excluding hydrogens is 246 g/mol. The van der Waals surface area contributed by atoms with Crippen molar-refractivity contribution in [3.63, 3.8) is 0 Å². The van der Waals surface area contributed by atoms with Gasteiger partial charge in [0.25, 0.3) is 0 Å². The summed E-state index contributed by atoms with van der Waals surface area (Å²) >= 11 is 0. The SMILES string of the molecule is CC[C@H](NC(=O)Cc1ccc(C(N)=O)cc1)C(N)=O. The van der Waals surface area contributed by atoms with Gasteiger partial charge in [0.15, 0.2) is 0 Å². The monoisotopic (exact) mass is 263 g/mol. The summed E-state index contributed by atoms with van der Waals surface area (Å²) in [5, 5.41) is 2.55. The lowest BCUT2D eigenvalue weighted by molar-refractivity contribution is -0.127. The number of amides is 3. The van der Waals surface area contributed by atoms with Crippen LogP contribution in [0.1, 0.15) is 29.3 Å². The van der Waals surface area contributed by atoms with Gasteiger partial charge in [-0.3, -0.25) is 14.4 Å². The molecule has 0 bridgehead atoms. The Balaban J connectivity index is 2.61. The second-order valence-corrected chi connectivity index (χ2v) is 4.17. The molecule has 0 unspecified atom stereocenters. The molecule has 0 saturated heterocycles. The number of benzene rings is 1. The summed E-state index contributed by atoms with van der Waals surface area (Å²) in [4.78, 5) is 33.6. The van der Waals surface area contributed by atoms with Crippen molar-refractivity contribution in [1.29, 1.82) is 0 Å². The number of carbonyl (C=O) groups is 3. The normalized spacial score (nSPS) is 11.6. The van der Waals surface area contributed by atoms with Gasteiger partial charge in [0.1, 0.15) is 6.04 Å². The highest BCUT2D eigenvalue weighted by molar-refractivity contribution is 5.93. The van der Waals surface area contributed by atoms with Crippen molar-refractivity contribution in [1.82, 2.24) is 5.32 Å². The molecular formula is C13H17N3O3. The van der Waals surface area contributed by atoms with Crippen molar-refractivity contribution >= 4 is 17.7 Å². The molecule has 102 valence electrons. The van der Waals surface area contributed by atoms with Crippen molar-refractivity contribution in [2.45, 2.75) is 25.8 Å². The van der Waals surface area contributed by atoms with Crippen LogP contribution in [-0.4, -0.2) is 23.8 Å². The molecule has 1 rings (SSSR count). The minimum Gasteiger partial charge on any atom is -0.368 e. The first-order valence-electron chi connectivity index (χ1n) is 5.91. The van der Waals surface area contributed by atoms with E-state index in [-0.39, 0.29) is 12.3 Å². The van der Waals surface area contributed by atoms with E-state index < -0.39 is 17.9 Å². The van der Waals surface area contributed by atoms with Crippen molar-refractivity contribution in [2.75, 3.05) is 0 Å². The first-order valence-corrected chi connectivity index (χ1v) is 5.91.